The molecule has 0 fully saturated rings. The molecule has 0 aliphatic heterocycles. The van der Waals surface area contributed by atoms with E-state index >= 15 is 0 Å². The zero-order chi connectivity index (χ0) is 22.7. The van der Waals surface area contributed by atoms with Gasteiger partial charge in [0, 0.05) is 10.9 Å². The van der Waals surface area contributed by atoms with Crippen LogP contribution in [0.2, 0.25) is 0 Å². The predicted octanol–water partition coefficient (Wildman–Crippen LogP) is 5.49. The van der Waals surface area contributed by atoms with Crippen molar-refractivity contribution in [3.05, 3.63) is 77.9 Å². The van der Waals surface area contributed by atoms with Gasteiger partial charge < -0.3 is 19.5 Å². The quantitative estimate of drug-likeness (QED) is 0.440. The lowest BCUT2D eigenvalue weighted by Crippen LogP contribution is -2.14. The van der Waals surface area contributed by atoms with Gasteiger partial charge in [0.05, 0.1) is 43.8 Å². The highest BCUT2D eigenvalue weighted by Gasteiger charge is 2.17. The predicted molar refractivity (Wildman–Crippen MR) is 126 cm³/mol. The molecule has 0 radical (unpaired) electrons. The third-order valence-corrected chi connectivity index (χ3v) is 5.24. The second-order valence-corrected chi connectivity index (χ2v) is 7.30. The standard InChI is InChI=1S/C26H24N2O4/c1-16-9-11-23(30-2)22(13-16)28-26(29)19-15-21(27-20-8-6-5-7-18(19)20)17-10-12-24(31-3)25(14-17)32-4/h5-15H,1-4H3,(H,28,29). The molecule has 3 aromatic carbocycles. The Hall–Kier alpha value is -4.06. The monoisotopic (exact) mass is 428 g/mol. The first-order valence-electron chi connectivity index (χ1n) is 10.1. The molecule has 0 saturated heterocycles. The minimum Gasteiger partial charge on any atom is -0.495 e. The number of pyridine rings is 1. The van der Waals surface area contributed by atoms with E-state index in [-0.39, 0.29) is 5.91 Å². The molecule has 0 bridgehead atoms. The largest absolute Gasteiger partial charge is 0.495 e. The van der Waals surface area contributed by atoms with Gasteiger partial charge in [0.2, 0.25) is 0 Å². The highest BCUT2D eigenvalue weighted by molar-refractivity contribution is 6.13. The number of benzene rings is 3. The zero-order valence-corrected chi connectivity index (χ0v) is 18.4. The van der Waals surface area contributed by atoms with Crippen LogP contribution in [0.5, 0.6) is 17.2 Å². The second-order valence-electron chi connectivity index (χ2n) is 7.30. The molecular formula is C26H24N2O4. The number of carbonyl (C=O) groups is 1. The number of rotatable bonds is 6. The number of hydrogen-bond donors (Lipinski definition) is 1. The van der Waals surface area contributed by atoms with Gasteiger partial charge in [-0.15, -0.1) is 0 Å². The Kier molecular flexibility index (Phi) is 5.94. The molecule has 6 nitrogen and oxygen atoms in total. The van der Waals surface area contributed by atoms with Crippen LogP contribution in [0.25, 0.3) is 22.2 Å². The fourth-order valence-electron chi connectivity index (χ4n) is 3.62. The fraction of sp³-hybridized carbons (Fsp3) is 0.154. The van der Waals surface area contributed by atoms with Crippen molar-refractivity contribution in [2.75, 3.05) is 26.6 Å². The zero-order valence-electron chi connectivity index (χ0n) is 18.4. The molecule has 0 atom stereocenters. The van der Waals surface area contributed by atoms with Crippen LogP contribution in [0.15, 0.2) is 66.7 Å². The summed E-state index contributed by atoms with van der Waals surface area (Å²) < 4.78 is 16.2. The Morgan fingerprint density at radius 3 is 2.28 bits per heavy atom. The average Bonchev–Trinajstić information content (AvgIpc) is 2.83. The fourth-order valence-corrected chi connectivity index (χ4v) is 3.62. The van der Waals surface area contributed by atoms with E-state index in [2.05, 4.69) is 5.32 Å². The molecule has 0 aliphatic rings. The number of amides is 1. The maximum atomic E-state index is 13.4. The molecule has 0 aliphatic carbocycles. The van der Waals surface area contributed by atoms with Crippen LogP contribution < -0.4 is 19.5 Å². The van der Waals surface area contributed by atoms with Crippen molar-refractivity contribution in [2.45, 2.75) is 6.92 Å². The lowest BCUT2D eigenvalue weighted by Gasteiger charge is -2.14. The van der Waals surface area contributed by atoms with Crippen molar-refractivity contribution in [3.8, 4) is 28.5 Å². The highest BCUT2D eigenvalue weighted by Crippen LogP contribution is 2.33. The molecule has 4 aromatic rings. The van der Waals surface area contributed by atoms with Gasteiger partial charge in [0.25, 0.3) is 5.91 Å². The normalized spacial score (nSPS) is 10.6. The smallest absolute Gasteiger partial charge is 0.256 e. The van der Waals surface area contributed by atoms with Crippen LogP contribution in [0.4, 0.5) is 5.69 Å². The first kappa shape index (κ1) is 21.2. The summed E-state index contributed by atoms with van der Waals surface area (Å²) in [4.78, 5) is 18.1. The lowest BCUT2D eigenvalue weighted by molar-refractivity contribution is 0.102. The van der Waals surface area contributed by atoms with Crippen molar-refractivity contribution < 1.29 is 19.0 Å². The first-order chi connectivity index (χ1) is 15.5. The molecule has 4 rings (SSSR count). The molecule has 32 heavy (non-hydrogen) atoms. The maximum Gasteiger partial charge on any atom is 0.256 e. The van der Waals surface area contributed by atoms with Gasteiger partial charge in [-0.05, 0) is 55.0 Å². The van der Waals surface area contributed by atoms with E-state index in [4.69, 9.17) is 19.2 Å². The molecule has 1 N–H and O–H groups in total. The minimum atomic E-state index is -0.241. The van der Waals surface area contributed by atoms with Gasteiger partial charge in [-0.2, -0.15) is 0 Å². The summed E-state index contributed by atoms with van der Waals surface area (Å²) in [6.07, 6.45) is 0. The number of fused-ring (bicyclic) bond motifs is 1. The maximum absolute atomic E-state index is 13.4. The van der Waals surface area contributed by atoms with Gasteiger partial charge in [-0.3, -0.25) is 4.79 Å². The average molecular weight is 428 g/mol. The number of anilines is 1. The molecule has 0 saturated carbocycles. The molecule has 0 unspecified atom stereocenters. The van der Waals surface area contributed by atoms with E-state index in [1.54, 1.807) is 27.4 Å². The Labute approximate surface area is 186 Å². The van der Waals surface area contributed by atoms with Gasteiger partial charge in [0.1, 0.15) is 5.75 Å². The number of para-hydroxylation sites is 1. The van der Waals surface area contributed by atoms with Crippen molar-refractivity contribution in [2.24, 2.45) is 0 Å². The van der Waals surface area contributed by atoms with Gasteiger partial charge in [-0.1, -0.05) is 24.3 Å². The van der Waals surface area contributed by atoms with Crippen LogP contribution in [-0.2, 0) is 0 Å². The number of ether oxygens (including phenoxy) is 3. The highest BCUT2D eigenvalue weighted by atomic mass is 16.5. The SMILES string of the molecule is COc1ccc(C)cc1NC(=O)c1cc(-c2ccc(OC)c(OC)c2)nc2ccccc12. The third-order valence-electron chi connectivity index (χ3n) is 5.24. The summed E-state index contributed by atoms with van der Waals surface area (Å²) in [5, 5.41) is 3.76. The van der Waals surface area contributed by atoms with E-state index in [1.165, 1.54) is 0 Å². The van der Waals surface area contributed by atoms with Crippen molar-refractivity contribution in [1.82, 2.24) is 4.98 Å². The van der Waals surface area contributed by atoms with Crippen LogP contribution >= 0.6 is 0 Å². The number of methoxy groups -OCH3 is 3. The Morgan fingerprint density at radius 1 is 0.812 bits per heavy atom. The molecule has 6 heteroatoms. The number of aryl methyl sites for hydroxylation is 1. The van der Waals surface area contributed by atoms with Crippen LogP contribution in [-0.4, -0.2) is 32.2 Å². The van der Waals surface area contributed by atoms with E-state index in [0.717, 1.165) is 22.0 Å². The molecular weight excluding hydrogens is 404 g/mol. The topological polar surface area (TPSA) is 69.7 Å². The molecule has 1 aromatic heterocycles. The number of carbonyl (C=O) groups excluding carboxylic acids is 1. The molecule has 1 amide bonds. The summed E-state index contributed by atoms with van der Waals surface area (Å²) in [6.45, 7) is 1.96. The van der Waals surface area contributed by atoms with E-state index in [9.17, 15) is 4.79 Å². The Bertz CT molecular complexity index is 1300. The lowest BCUT2D eigenvalue weighted by atomic mass is 10.0. The van der Waals surface area contributed by atoms with Crippen LogP contribution in [0.1, 0.15) is 15.9 Å². The third kappa shape index (κ3) is 4.07. The summed E-state index contributed by atoms with van der Waals surface area (Å²) in [5.74, 6) is 1.58. The minimum absolute atomic E-state index is 0.241. The van der Waals surface area contributed by atoms with Crippen LogP contribution in [0, 0.1) is 6.92 Å². The van der Waals surface area contributed by atoms with Gasteiger partial charge in [0.15, 0.2) is 11.5 Å². The summed E-state index contributed by atoms with van der Waals surface area (Å²) in [5.41, 5.74) is 4.35. The Balaban J connectivity index is 1.81. The Morgan fingerprint density at radius 2 is 1.53 bits per heavy atom. The van der Waals surface area contributed by atoms with E-state index < -0.39 is 0 Å². The summed E-state index contributed by atoms with van der Waals surface area (Å²) >= 11 is 0. The van der Waals surface area contributed by atoms with E-state index in [1.807, 2.05) is 67.6 Å². The van der Waals surface area contributed by atoms with Gasteiger partial charge in [-0.25, -0.2) is 4.98 Å². The summed E-state index contributed by atoms with van der Waals surface area (Å²) in [7, 11) is 4.76. The second kappa shape index (κ2) is 8.98. The molecule has 1 heterocycles. The van der Waals surface area contributed by atoms with Gasteiger partial charge >= 0.3 is 0 Å². The number of aromatic nitrogens is 1. The van der Waals surface area contributed by atoms with Crippen LogP contribution in [0.3, 0.4) is 0 Å². The van der Waals surface area contributed by atoms with Crippen molar-refractivity contribution in [1.29, 1.82) is 0 Å². The molecule has 0 spiro atoms. The van der Waals surface area contributed by atoms with E-state index in [0.29, 0.717) is 34.2 Å². The number of nitrogens with zero attached hydrogens (tertiary/aromatic N) is 1. The van der Waals surface area contributed by atoms with Crippen molar-refractivity contribution >= 4 is 22.5 Å². The first-order valence-corrected chi connectivity index (χ1v) is 10.1. The van der Waals surface area contributed by atoms with Crippen molar-refractivity contribution in [3.63, 3.8) is 0 Å². The summed E-state index contributed by atoms with van der Waals surface area (Å²) in [6, 6.07) is 20.6. The molecule has 162 valence electrons. The number of nitrogens with one attached hydrogen (secondary N) is 1. The number of hydrogen-bond acceptors (Lipinski definition) is 5.